The van der Waals surface area contributed by atoms with Gasteiger partial charge in [-0.3, -0.25) is 4.79 Å². The number of nitrogens with one attached hydrogen (secondary N) is 2. The molecular formula is C12H23ClN2O. The van der Waals surface area contributed by atoms with Gasteiger partial charge in [0.15, 0.2) is 0 Å². The summed E-state index contributed by atoms with van der Waals surface area (Å²) in [5.41, 5.74) is 1.35. The Morgan fingerprint density at radius 1 is 1.62 bits per heavy atom. The lowest BCUT2D eigenvalue weighted by atomic mass is 10.0. The number of hydrogen-bond acceptors (Lipinski definition) is 2. The van der Waals surface area contributed by atoms with Gasteiger partial charge >= 0.3 is 0 Å². The summed E-state index contributed by atoms with van der Waals surface area (Å²) in [6, 6.07) is 0. The normalized spacial score (nSPS) is 17.0. The quantitative estimate of drug-likeness (QED) is 0.728. The molecule has 0 aromatic rings. The maximum Gasteiger partial charge on any atom is 0.223 e. The van der Waals surface area contributed by atoms with E-state index in [9.17, 15) is 4.79 Å². The summed E-state index contributed by atoms with van der Waals surface area (Å²) in [6.07, 6.45) is 5.28. The van der Waals surface area contributed by atoms with E-state index in [4.69, 9.17) is 0 Å². The van der Waals surface area contributed by atoms with Gasteiger partial charge in [0.25, 0.3) is 0 Å². The summed E-state index contributed by atoms with van der Waals surface area (Å²) in [6.45, 7) is 6.81. The Hall–Kier alpha value is -0.540. The van der Waals surface area contributed by atoms with Crippen molar-refractivity contribution in [1.29, 1.82) is 0 Å². The molecule has 1 atom stereocenters. The molecule has 3 nitrogen and oxygen atoms in total. The lowest BCUT2D eigenvalue weighted by Crippen LogP contribution is -2.32. The molecule has 0 saturated carbocycles. The van der Waals surface area contributed by atoms with Crippen LogP contribution in [0.3, 0.4) is 0 Å². The fourth-order valence-corrected chi connectivity index (χ4v) is 1.77. The molecule has 0 radical (unpaired) electrons. The van der Waals surface area contributed by atoms with Crippen LogP contribution in [0.15, 0.2) is 11.6 Å². The maximum absolute atomic E-state index is 11.6. The van der Waals surface area contributed by atoms with E-state index in [-0.39, 0.29) is 24.2 Å². The third-order valence-corrected chi connectivity index (χ3v) is 2.82. The molecule has 0 fully saturated rings. The van der Waals surface area contributed by atoms with Crippen LogP contribution in [0.4, 0.5) is 0 Å². The smallest absolute Gasteiger partial charge is 0.223 e. The highest BCUT2D eigenvalue weighted by Gasteiger charge is 2.11. The van der Waals surface area contributed by atoms with Crippen molar-refractivity contribution >= 4 is 18.3 Å². The first kappa shape index (κ1) is 15.5. The van der Waals surface area contributed by atoms with Crippen molar-refractivity contribution in [2.24, 2.45) is 5.92 Å². The van der Waals surface area contributed by atoms with Crippen LogP contribution in [-0.2, 0) is 4.79 Å². The Labute approximate surface area is 104 Å². The molecule has 0 aliphatic carbocycles. The number of carbonyl (C=O) groups excluding carboxylic acids is 1. The second-order valence-electron chi connectivity index (χ2n) is 4.22. The van der Waals surface area contributed by atoms with Gasteiger partial charge in [0, 0.05) is 19.0 Å². The molecule has 1 amide bonds. The first-order valence-corrected chi connectivity index (χ1v) is 5.90. The van der Waals surface area contributed by atoms with Crippen molar-refractivity contribution in [3.05, 3.63) is 11.6 Å². The lowest BCUT2D eigenvalue weighted by Gasteiger charge is -2.16. The fraction of sp³-hybridized carbons (Fsp3) is 0.750. The predicted octanol–water partition coefficient (Wildman–Crippen LogP) is 1.88. The number of amides is 1. The first-order chi connectivity index (χ1) is 7.24. The van der Waals surface area contributed by atoms with Crippen LogP contribution in [0, 0.1) is 5.92 Å². The van der Waals surface area contributed by atoms with Crippen molar-refractivity contribution in [3.8, 4) is 0 Å². The van der Waals surface area contributed by atoms with Gasteiger partial charge in [-0.15, -0.1) is 12.4 Å². The summed E-state index contributed by atoms with van der Waals surface area (Å²) in [5.74, 6) is 0.341. The molecule has 0 saturated heterocycles. The monoisotopic (exact) mass is 246 g/mol. The van der Waals surface area contributed by atoms with Gasteiger partial charge < -0.3 is 10.6 Å². The second kappa shape index (κ2) is 8.59. The largest absolute Gasteiger partial charge is 0.352 e. The van der Waals surface area contributed by atoms with Crippen molar-refractivity contribution in [1.82, 2.24) is 10.6 Å². The van der Waals surface area contributed by atoms with Crippen LogP contribution in [0.25, 0.3) is 0 Å². The van der Waals surface area contributed by atoms with Crippen LogP contribution in [-0.4, -0.2) is 25.5 Å². The molecular weight excluding hydrogens is 224 g/mol. The molecule has 4 heteroatoms. The standard InChI is InChI=1S/C12H22N2O.ClH/c1-3-4-10(2)12(15)14-9-11-5-7-13-8-6-11;/h5,10,13H,3-4,6-9H2,1-2H3,(H,14,15);1H. The second-order valence-corrected chi connectivity index (χ2v) is 4.22. The van der Waals surface area contributed by atoms with Gasteiger partial charge in [-0.05, 0) is 19.4 Å². The van der Waals surface area contributed by atoms with E-state index in [0.717, 1.165) is 38.9 Å². The Bertz CT molecular complexity index is 241. The van der Waals surface area contributed by atoms with Gasteiger partial charge in [0.2, 0.25) is 5.91 Å². The van der Waals surface area contributed by atoms with Crippen LogP contribution in [0.1, 0.15) is 33.1 Å². The van der Waals surface area contributed by atoms with Gasteiger partial charge in [0.1, 0.15) is 0 Å². The molecule has 0 aromatic heterocycles. The number of halogens is 1. The SMILES string of the molecule is CCCC(C)C(=O)NCC1=CCNCC1.Cl. The molecule has 1 aliphatic rings. The van der Waals surface area contributed by atoms with Crippen molar-refractivity contribution in [2.45, 2.75) is 33.1 Å². The molecule has 2 N–H and O–H groups in total. The van der Waals surface area contributed by atoms with E-state index in [1.165, 1.54) is 5.57 Å². The summed E-state index contributed by atoms with van der Waals surface area (Å²) >= 11 is 0. The van der Waals surface area contributed by atoms with E-state index >= 15 is 0 Å². The minimum atomic E-state index is 0. The van der Waals surface area contributed by atoms with Gasteiger partial charge in [-0.1, -0.05) is 31.9 Å². The number of hydrogen-bond donors (Lipinski definition) is 2. The maximum atomic E-state index is 11.6. The summed E-state index contributed by atoms with van der Waals surface area (Å²) < 4.78 is 0. The van der Waals surface area contributed by atoms with E-state index in [1.54, 1.807) is 0 Å². The molecule has 0 bridgehead atoms. The third kappa shape index (κ3) is 5.52. The number of rotatable bonds is 5. The van der Waals surface area contributed by atoms with E-state index in [1.807, 2.05) is 6.92 Å². The highest BCUT2D eigenvalue weighted by atomic mass is 35.5. The van der Waals surface area contributed by atoms with Crippen LogP contribution >= 0.6 is 12.4 Å². The Balaban J connectivity index is 0.00000225. The molecule has 94 valence electrons. The molecule has 0 aromatic carbocycles. The highest BCUT2D eigenvalue weighted by Crippen LogP contribution is 2.06. The van der Waals surface area contributed by atoms with E-state index in [0.29, 0.717) is 0 Å². The Morgan fingerprint density at radius 3 is 2.94 bits per heavy atom. The first-order valence-electron chi connectivity index (χ1n) is 5.90. The minimum Gasteiger partial charge on any atom is -0.352 e. The zero-order chi connectivity index (χ0) is 11.1. The minimum absolute atomic E-state index is 0. The molecule has 1 heterocycles. The Morgan fingerprint density at radius 2 is 2.38 bits per heavy atom. The molecule has 1 rings (SSSR count). The fourth-order valence-electron chi connectivity index (χ4n) is 1.77. The van der Waals surface area contributed by atoms with E-state index < -0.39 is 0 Å². The molecule has 16 heavy (non-hydrogen) atoms. The van der Waals surface area contributed by atoms with Crippen LogP contribution < -0.4 is 10.6 Å². The Kier molecular flexibility index (Phi) is 8.30. The number of carbonyl (C=O) groups is 1. The van der Waals surface area contributed by atoms with E-state index in [2.05, 4.69) is 23.6 Å². The summed E-state index contributed by atoms with van der Waals surface area (Å²) in [5, 5.41) is 6.26. The van der Waals surface area contributed by atoms with Crippen LogP contribution in [0.2, 0.25) is 0 Å². The molecule has 1 aliphatic heterocycles. The third-order valence-electron chi connectivity index (χ3n) is 2.82. The summed E-state index contributed by atoms with van der Waals surface area (Å²) in [7, 11) is 0. The average molecular weight is 247 g/mol. The summed E-state index contributed by atoms with van der Waals surface area (Å²) in [4.78, 5) is 11.6. The average Bonchev–Trinajstić information content (AvgIpc) is 2.27. The molecule has 0 spiro atoms. The lowest BCUT2D eigenvalue weighted by molar-refractivity contribution is -0.124. The zero-order valence-electron chi connectivity index (χ0n) is 10.2. The molecule has 1 unspecified atom stereocenters. The van der Waals surface area contributed by atoms with Gasteiger partial charge in [0.05, 0.1) is 0 Å². The van der Waals surface area contributed by atoms with Crippen molar-refractivity contribution in [2.75, 3.05) is 19.6 Å². The predicted molar refractivity (Wildman–Crippen MR) is 69.9 cm³/mol. The van der Waals surface area contributed by atoms with Crippen LogP contribution in [0.5, 0.6) is 0 Å². The zero-order valence-corrected chi connectivity index (χ0v) is 11.0. The van der Waals surface area contributed by atoms with Crippen molar-refractivity contribution in [3.63, 3.8) is 0 Å². The van der Waals surface area contributed by atoms with Crippen molar-refractivity contribution < 1.29 is 4.79 Å². The van der Waals surface area contributed by atoms with Gasteiger partial charge in [-0.25, -0.2) is 0 Å². The highest BCUT2D eigenvalue weighted by molar-refractivity contribution is 5.85. The van der Waals surface area contributed by atoms with Gasteiger partial charge in [-0.2, -0.15) is 0 Å². The topological polar surface area (TPSA) is 41.1 Å².